The predicted molar refractivity (Wildman–Crippen MR) is 140 cm³/mol. The molecule has 0 spiro atoms. The van der Waals surface area contributed by atoms with Gasteiger partial charge in [-0.25, -0.2) is 4.68 Å². The monoisotopic (exact) mass is 518 g/mol. The van der Waals surface area contributed by atoms with Gasteiger partial charge >= 0.3 is 11.8 Å². The lowest BCUT2D eigenvalue weighted by Crippen LogP contribution is -2.39. The number of carbonyl (C=O) groups excluding carboxylic acids is 3. The Morgan fingerprint density at radius 1 is 0.919 bits per heavy atom. The molecule has 1 aliphatic heterocycles. The molecule has 1 aliphatic rings. The molecule has 3 amide bonds. The highest BCUT2D eigenvalue weighted by Crippen LogP contribution is 2.32. The molecule has 0 aliphatic carbocycles. The number of para-hydroxylation sites is 1. The molecule has 2 heterocycles. The number of aryl methyl sites for hydroxylation is 2. The first-order valence-corrected chi connectivity index (χ1v) is 11.8. The van der Waals surface area contributed by atoms with Crippen molar-refractivity contribution in [2.24, 2.45) is 0 Å². The van der Waals surface area contributed by atoms with E-state index in [4.69, 9.17) is 21.1 Å². The molecule has 3 aromatic carbocycles. The fourth-order valence-corrected chi connectivity index (χ4v) is 4.31. The van der Waals surface area contributed by atoms with Gasteiger partial charge in [0.1, 0.15) is 5.69 Å². The van der Waals surface area contributed by atoms with Crippen molar-refractivity contribution < 1.29 is 23.9 Å². The van der Waals surface area contributed by atoms with E-state index in [1.54, 1.807) is 42.5 Å². The maximum atomic E-state index is 13.3. The molecule has 0 saturated heterocycles. The quantitative estimate of drug-likeness (QED) is 0.342. The van der Waals surface area contributed by atoms with Gasteiger partial charge in [-0.2, -0.15) is 0 Å². The van der Waals surface area contributed by atoms with Gasteiger partial charge in [-0.05, 0) is 66.9 Å². The molecule has 0 radical (unpaired) electrons. The summed E-state index contributed by atoms with van der Waals surface area (Å²) in [4.78, 5) is 38.7. The average molecular weight is 519 g/mol. The SMILES string of the molecule is Cc1cccc(C)c1NC(=O)c1cc2cc(Cl)ccc2n1NC(=O)C(=O)NCc1ccc2c(c1)OCO2. The molecule has 188 valence electrons. The number of amides is 3. The summed E-state index contributed by atoms with van der Waals surface area (Å²) in [6.07, 6.45) is 0. The van der Waals surface area contributed by atoms with Gasteiger partial charge in [0, 0.05) is 22.6 Å². The van der Waals surface area contributed by atoms with E-state index in [0.717, 1.165) is 16.7 Å². The molecule has 0 unspecified atom stereocenters. The Morgan fingerprint density at radius 3 is 2.46 bits per heavy atom. The number of hydrogen-bond acceptors (Lipinski definition) is 5. The largest absolute Gasteiger partial charge is 0.454 e. The van der Waals surface area contributed by atoms with Crippen molar-refractivity contribution >= 4 is 45.9 Å². The van der Waals surface area contributed by atoms with Gasteiger partial charge in [0.2, 0.25) is 6.79 Å². The van der Waals surface area contributed by atoms with Crippen LogP contribution in [0.4, 0.5) is 5.69 Å². The zero-order valence-corrected chi connectivity index (χ0v) is 20.8. The molecular formula is C27H23ClN4O5. The van der Waals surface area contributed by atoms with E-state index in [2.05, 4.69) is 16.1 Å². The molecule has 5 rings (SSSR count). The number of aromatic nitrogens is 1. The van der Waals surface area contributed by atoms with Gasteiger partial charge in [0.05, 0.1) is 5.52 Å². The number of fused-ring (bicyclic) bond motifs is 2. The van der Waals surface area contributed by atoms with E-state index >= 15 is 0 Å². The molecule has 0 bridgehead atoms. The van der Waals surface area contributed by atoms with Gasteiger partial charge in [-0.15, -0.1) is 0 Å². The molecule has 0 atom stereocenters. The highest BCUT2D eigenvalue weighted by molar-refractivity contribution is 6.38. The third-order valence-corrected chi connectivity index (χ3v) is 6.26. The number of nitrogens with one attached hydrogen (secondary N) is 3. The minimum absolute atomic E-state index is 0.102. The van der Waals surface area contributed by atoms with Crippen LogP contribution in [-0.2, 0) is 16.1 Å². The number of hydrogen-bond donors (Lipinski definition) is 3. The molecule has 1 aromatic heterocycles. The van der Waals surface area contributed by atoms with E-state index in [1.807, 2.05) is 32.0 Å². The van der Waals surface area contributed by atoms with Crippen LogP contribution in [0.2, 0.25) is 5.02 Å². The van der Waals surface area contributed by atoms with Crippen LogP contribution in [0.5, 0.6) is 11.5 Å². The summed E-state index contributed by atoms with van der Waals surface area (Å²) in [5, 5.41) is 6.59. The molecule has 37 heavy (non-hydrogen) atoms. The van der Waals surface area contributed by atoms with Crippen molar-refractivity contribution in [3.63, 3.8) is 0 Å². The molecule has 0 saturated carbocycles. The Hall–Kier alpha value is -4.50. The Morgan fingerprint density at radius 2 is 1.68 bits per heavy atom. The van der Waals surface area contributed by atoms with E-state index < -0.39 is 17.7 Å². The lowest BCUT2D eigenvalue weighted by molar-refractivity contribution is -0.136. The average Bonchev–Trinajstić information content (AvgIpc) is 3.48. The molecule has 9 nitrogen and oxygen atoms in total. The van der Waals surface area contributed by atoms with Crippen LogP contribution in [0, 0.1) is 13.8 Å². The highest BCUT2D eigenvalue weighted by Gasteiger charge is 2.22. The second kappa shape index (κ2) is 9.87. The maximum Gasteiger partial charge on any atom is 0.328 e. The summed E-state index contributed by atoms with van der Waals surface area (Å²) in [6.45, 7) is 4.03. The normalized spacial score (nSPS) is 11.9. The Balaban J connectivity index is 1.36. The second-order valence-electron chi connectivity index (χ2n) is 8.60. The third kappa shape index (κ3) is 4.94. The standard InChI is InChI=1S/C27H23ClN4O5/c1-15-4-3-5-16(2)24(15)30-25(33)21-12-18-11-19(28)7-8-20(18)32(21)31-27(35)26(34)29-13-17-6-9-22-23(10-17)37-14-36-22/h3-12H,13-14H2,1-2H3,(H,29,34)(H,30,33)(H,31,35). The van der Waals surface area contributed by atoms with Gasteiger partial charge in [0.25, 0.3) is 5.91 Å². The maximum absolute atomic E-state index is 13.3. The number of halogens is 1. The fourth-order valence-electron chi connectivity index (χ4n) is 4.13. The first-order valence-electron chi connectivity index (χ1n) is 11.5. The van der Waals surface area contributed by atoms with Crippen molar-refractivity contribution in [1.82, 2.24) is 9.99 Å². The molecule has 0 fully saturated rings. The molecular weight excluding hydrogens is 496 g/mol. The van der Waals surface area contributed by atoms with Crippen molar-refractivity contribution in [3.8, 4) is 11.5 Å². The van der Waals surface area contributed by atoms with Gasteiger partial charge in [0.15, 0.2) is 11.5 Å². The first-order chi connectivity index (χ1) is 17.8. The number of carbonyl (C=O) groups is 3. The van der Waals surface area contributed by atoms with Crippen LogP contribution in [0.3, 0.4) is 0 Å². The molecule has 4 aromatic rings. The van der Waals surface area contributed by atoms with Crippen LogP contribution in [0.1, 0.15) is 27.2 Å². The van der Waals surface area contributed by atoms with Crippen LogP contribution in [-0.4, -0.2) is 29.2 Å². The Labute approximate surface area is 217 Å². The summed E-state index contributed by atoms with van der Waals surface area (Å²) in [6, 6.07) is 17.5. The van der Waals surface area contributed by atoms with Crippen LogP contribution < -0.4 is 25.5 Å². The van der Waals surface area contributed by atoms with E-state index in [9.17, 15) is 14.4 Å². The number of benzene rings is 3. The lowest BCUT2D eigenvalue weighted by atomic mass is 10.1. The highest BCUT2D eigenvalue weighted by atomic mass is 35.5. The second-order valence-corrected chi connectivity index (χ2v) is 9.04. The van der Waals surface area contributed by atoms with Crippen molar-refractivity contribution in [1.29, 1.82) is 0 Å². The minimum atomic E-state index is -0.936. The number of rotatable bonds is 5. The van der Waals surface area contributed by atoms with Gasteiger partial charge < -0.3 is 20.1 Å². The summed E-state index contributed by atoms with van der Waals surface area (Å²) in [5.41, 5.74) is 6.39. The van der Waals surface area contributed by atoms with E-state index in [-0.39, 0.29) is 19.0 Å². The number of nitrogens with zero attached hydrogens (tertiary/aromatic N) is 1. The molecule has 3 N–H and O–H groups in total. The van der Waals surface area contributed by atoms with E-state index in [0.29, 0.717) is 33.1 Å². The van der Waals surface area contributed by atoms with Gasteiger partial charge in [-0.1, -0.05) is 35.9 Å². The van der Waals surface area contributed by atoms with Crippen LogP contribution in [0.15, 0.2) is 60.7 Å². The zero-order valence-electron chi connectivity index (χ0n) is 20.1. The Kier molecular flexibility index (Phi) is 6.45. The van der Waals surface area contributed by atoms with E-state index in [1.165, 1.54) is 4.68 Å². The third-order valence-electron chi connectivity index (χ3n) is 6.03. The van der Waals surface area contributed by atoms with Crippen molar-refractivity contribution in [3.05, 3.63) is 88.1 Å². The summed E-state index contributed by atoms with van der Waals surface area (Å²) in [5.74, 6) is -1.05. The van der Waals surface area contributed by atoms with Crippen LogP contribution >= 0.6 is 11.6 Å². The summed E-state index contributed by atoms with van der Waals surface area (Å²) < 4.78 is 11.9. The molecule has 10 heteroatoms. The number of ether oxygens (including phenoxy) is 2. The lowest BCUT2D eigenvalue weighted by Gasteiger charge is -2.14. The fraction of sp³-hybridized carbons (Fsp3) is 0.148. The first kappa shape index (κ1) is 24.2. The van der Waals surface area contributed by atoms with Crippen molar-refractivity contribution in [2.45, 2.75) is 20.4 Å². The Bertz CT molecular complexity index is 1540. The number of anilines is 1. The van der Waals surface area contributed by atoms with Crippen molar-refractivity contribution in [2.75, 3.05) is 17.5 Å². The zero-order chi connectivity index (χ0) is 26.1. The smallest absolute Gasteiger partial charge is 0.328 e. The minimum Gasteiger partial charge on any atom is -0.454 e. The van der Waals surface area contributed by atoms with Crippen LogP contribution in [0.25, 0.3) is 10.9 Å². The topological polar surface area (TPSA) is 111 Å². The van der Waals surface area contributed by atoms with Gasteiger partial charge in [-0.3, -0.25) is 19.8 Å². The summed E-state index contributed by atoms with van der Waals surface area (Å²) >= 11 is 6.14. The summed E-state index contributed by atoms with van der Waals surface area (Å²) in [7, 11) is 0. The predicted octanol–water partition coefficient (Wildman–Crippen LogP) is 4.28.